The lowest BCUT2D eigenvalue weighted by Crippen LogP contribution is -2.42. The van der Waals surface area contributed by atoms with Crippen LogP contribution in [0, 0.1) is 0 Å². The van der Waals surface area contributed by atoms with Crippen LogP contribution in [0.3, 0.4) is 0 Å². The normalized spacial score (nSPS) is 10.1. The van der Waals surface area contributed by atoms with E-state index in [1.54, 1.807) is 37.8 Å². The lowest BCUT2D eigenvalue weighted by Gasteiger charge is -2.10. The van der Waals surface area contributed by atoms with Crippen molar-refractivity contribution in [2.45, 2.75) is 6.42 Å². The second-order valence-corrected chi connectivity index (χ2v) is 6.67. The zero-order chi connectivity index (χ0) is 20.4. The molecule has 8 nitrogen and oxygen atoms in total. The van der Waals surface area contributed by atoms with Gasteiger partial charge in [-0.15, -0.1) is 11.3 Å². The summed E-state index contributed by atoms with van der Waals surface area (Å²) < 4.78 is 10.4. The van der Waals surface area contributed by atoms with Gasteiger partial charge in [0.05, 0.1) is 32.2 Å². The Labute approximate surface area is 167 Å². The Hall–Kier alpha value is -3.07. The molecule has 0 aliphatic carbocycles. The minimum atomic E-state index is -0.431. The summed E-state index contributed by atoms with van der Waals surface area (Å²) in [5.41, 5.74) is 0.985. The molecular weight excluding hydrogens is 382 g/mol. The Balaban J connectivity index is 1.64. The van der Waals surface area contributed by atoms with Crippen molar-refractivity contribution >= 4 is 29.1 Å². The molecule has 1 aromatic heterocycles. The molecule has 1 heterocycles. The van der Waals surface area contributed by atoms with Gasteiger partial charge in [0.25, 0.3) is 5.91 Å². The van der Waals surface area contributed by atoms with Crippen molar-refractivity contribution < 1.29 is 23.9 Å². The van der Waals surface area contributed by atoms with E-state index >= 15 is 0 Å². The Morgan fingerprint density at radius 1 is 0.929 bits per heavy atom. The van der Waals surface area contributed by atoms with Gasteiger partial charge in [0, 0.05) is 6.54 Å². The molecule has 28 heavy (non-hydrogen) atoms. The monoisotopic (exact) mass is 405 g/mol. The number of hydrogen-bond acceptors (Lipinski definition) is 6. The van der Waals surface area contributed by atoms with E-state index in [2.05, 4.69) is 16.0 Å². The summed E-state index contributed by atoms with van der Waals surface area (Å²) in [5, 5.41) is 9.47. The zero-order valence-electron chi connectivity index (χ0n) is 15.7. The topological polar surface area (TPSA) is 106 Å². The van der Waals surface area contributed by atoms with Crippen LogP contribution in [0.2, 0.25) is 0 Å². The average molecular weight is 405 g/mol. The van der Waals surface area contributed by atoms with Crippen LogP contribution in [0.15, 0.2) is 35.7 Å². The van der Waals surface area contributed by atoms with E-state index in [4.69, 9.17) is 9.47 Å². The second kappa shape index (κ2) is 10.9. The van der Waals surface area contributed by atoms with Gasteiger partial charge in [-0.05, 0) is 35.6 Å². The summed E-state index contributed by atoms with van der Waals surface area (Å²) in [6.45, 7) is 0.0780. The molecule has 9 heteroatoms. The van der Waals surface area contributed by atoms with Crippen LogP contribution in [0.4, 0.5) is 0 Å². The fraction of sp³-hybridized carbons (Fsp3) is 0.316. The minimum absolute atomic E-state index is 0.153. The van der Waals surface area contributed by atoms with Crippen LogP contribution in [0.5, 0.6) is 11.5 Å². The first-order chi connectivity index (χ1) is 13.5. The van der Waals surface area contributed by atoms with E-state index in [1.807, 2.05) is 12.1 Å². The van der Waals surface area contributed by atoms with Crippen LogP contribution in [-0.4, -0.2) is 51.6 Å². The molecule has 150 valence electrons. The highest BCUT2D eigenvalue weighted by Crippen LogP contribution is 2.27. The van der Waals surface area contributed by atoms with Crippen LogP contribution in [0.25, 0.3) is 0 Å². The summed E-state index contributed by atoms with van der Waals surface area (Å²) in [4.78, 5) is 35.8. The highest BCUT2D eigenvalue weighted by atomic mass is 32.1. The van der Waals surface area contributed by atoms with Crippen molar-refractivity contribution in [3.63, 3.8) is 0 Å². The van der Waals surface area contributed by atoms with Crippen molar-refractivity contribution in [3.8, 4) is 11.5 Å². The number of methoxy groups -OCH3 is 2. The highest BCUT2D eigenvalue weighted by Gasteiger charge is 2.10. The maximum Gasteiger partial charge on any atom is 0.261 e. The molecule has 3 N–H and O–H groups in total. The third-order valence-corrected chi connectivity index (χ3v) is 4.65. The maximum atomic E-state index is 11.8. The number of rotatable bonds is 10. The lowest BCUT2D eigenvalue weighted by molar-refractivity contribution is -0.125. The molecule has 2 rings (SSSR count). The van der Waals surface area contributed by atoms with Crippen molar-refractivity contribution in [3.05, 3.63) is 46.2 Å². The molecule has 0 fully saturated rings. The van der Waals surface area contributed by atoms with E-state index < -0.39 is 5.91 Å². The minimum Gasteiger partial charge on any atom is -0.493 e. The number of benzene rings is 1. The molecule has 1 aromatic carbocycles. The van der Waals surface area contributed by atoms with Crippen molar-refractivity contribution in [2.24, 2.45) is 0 Å². The SMILES string of the molecule is COc1ccc(CCNC(=O)CNC(=O)CNC(=O)c2cccs2)cc1OC. The molecule has 0 aliphatic rings. The zero-order valence-corrected chi connectivity index (χ0v) is 16.6. The van der Waals surface area contributed by atoms with E-state index in [0.717, 1.165) is 5.56 Å². The number of nitrogens with one attached hydrogen (secondary N) is 3. The summed E-state index contributed by atoms with van der Waals surface area (Å²) in [6, 6.07) is 8.98. The molecule has 0 unspecified atom stereocenters. The molecule has 2 aromatic rings. The summed E-state index contributed by atoms with van der Waals surface area (Å²) >= 11 is 1.29. The predicted octanol–water partition coefficient (Wildman–Crippen LogP) is 0.970. The van der Waals surface area contributed by atoms with Crippen LogP contribution in [-0.2, 0) is 16.0 Å². The molecule has 0 aliphatic heterocycles. The second-order valence-electron chi connectivity index (χ2n) is 5.73. The fourth-order valence-electron chi connectivity index (χ4n) is 2.34. The maximum absolute atomic E-state index is 11.8. The van der Waals surface area contributed by atoms with Crippen molar-refractivity contribution in [1.82, 2.24) is 16.0 Å². The summed E-state index contributed by atoms with van der Waals surface area (Å²) in [7, 11) is 3.13. The van der Waals surface area contributed by atoms with Gasteiger partial charge in [-0.3, -0.25) is 14.4 Å². The Bertz CT molecular complexity index is 808. The van der Waals surface area contributed by atoms with Gasteiger partial charge in [0.15, 0.2) is 11.5 Å². The number of carbonyl (C=O) groups is 3. The molecule has 0 atom stereocenters. The first-order valence-corrected chi connectivity index (χ1v) is 9.47. The van der Waals surface area contributed by atoms with Gasteiger partial charge in [0.2, 0.25) is 11.8 Å². The number of hydrogen-bond donors (Lipinski definition) is 3. The first kappa shape index (κ1) is 21.2. The molecule has 0 bridgehead atoms. The van der Waals surface area contributed by atoms with Crippen molar-refractivity contribution in [2.75, 3.05) is 33.9 Å². The van der Waals surface area contributed by atoms with E-state index in [0.29, 0.717) is 29.3 Å². The van der Waals surface area contributed by atoms with Gasteiger partial charge >= 0.3 is 0 Å². The van der Waals surface area contributed by atoms with Gasteiger partial charge in [-0.25, -0.2) is 0 Å². The molecule has 3 amide bonds. The Morgan fingerprint density at radius 2 is 1.64 bits per heavy atom. The van der Waals surface area contributed by atoms with Crippen LogP contribution >= 0.6 is 11.3 Å². The predicted molar refractivity (Wildman–Crippen MR) is 106 cm³/mol. The number of carbonyl (C=O) groups excluding carboxylic acids is 3. The number of ether oxygens (including phenoxy) is 2. The van der Waals surface area contributed by atoms with Gasteiger partial charge in [-0.1, -0.05) is 12.1 Å². The standard InChI is InChI=1S/C19H23N3O5S/c1-26-14-6-5-13(10-15(14)27-2)7-8-20-17(23)11-21-18(24)12-22-19(25)16-4-3-9-28-16/h3-6,9-10H,7-8,11-12H2,1-2H3,(H,20,23)(H,21,24)(H,22,25). The molecule has 0 saturated heterocycles. The highest BCUT2D eigenvalue weighted by molar-refractivity contribution is 7.12. The van der Waals surface area contributed by atoms with E-state index in [1.165, 1.54) is 11.3 Å². The van der Waals surface area contributed by atoms with Crippen molar-refractivity contribution in [1.29, 1.82) is 0 Å². The Morgan fingerprint density at radius 3 is 2.32 bits per heavy atom. The largest absolute Gasteiger partial charge is 0.493 e. The van der Waals surface area contributed by atoms with Gasteiger partial charge < -0.3 is 25.4 Å². The van der Waals surface area contributed by atoms with E-state index in [-0.39, 0.29) is 24.9 Å². The quantitative estimate of drug-likeness (QED) is 0.546. The smallest absolute Gasteiger partial charge is 0.261 e. The molecular formula is C19H23N3O5S. The molecule has 0 radical (unpaired) electrons. The Kier molecular flexibility index (Phi) is 8.29. The molecule has 0 spiro atoms. The third-order valence-electron chi connectivity index (χ3n) is 3.78. The van der Waals surface area contributed by atoms with Gasteiger partial charge in [0.1, 0.15) is 0 Å². The number of thiophene rings is 1. The third kappa shape index (κ3) is 6.58. The summed E-state index contributed by atoms with van der Waals surface area (Å²) in [5.74, 6) is 0.218. The van der Waals surface area contributed by atoms with E-state index in [9.17, 15) is 14.4 Å². The average Bonchev–Trinajstić information content (AvgIpc) is 3.25. The number of amides is 3. The van der Waals surface area contributed by atoms with Crippen LogP contribution in [0.1, 0.15) is 15.2 Å². The lowest BCUT2D eigenvalue weighted by atomic mass is 10.1. The summed E-state index contributed by atoms with van der Waals surface area (Å²) in [6.07, 6.45) is 0.608. The van der Waals surface area contributed by atoms with Crippen LogP contribution < -0.4 is 25.4 Å². The fourth-order valence-corrected chi connectivity index (χ4v) is 2.98. The van der Waals surface area contributed by atoms with Gasteiger partial charge in [-0.2, -0.15) is 0 Å². The molecule has 0 saturated carbocycles. The first-order valence-electron chi connectivity index (χ1n) is 8.59.